The molecule has 0 aliphatic rings. The van der Waals surface area contributed by atoms with Gasteiger partial charge in [-0.05, 0) is 52.7 Å². The van der Waals surface area contributed by atoms with Crippen LogP contribution in [0.15, 0.2) is 30.5 Å². The number of carbonyl (C=O) groups is 3. The molecule has 2 rings (SSSR count). The first-order valence-corrected chi connectivity index (χ1v) is 10.5. The van der Waals surface area contributed by atoms with Crippen LogP contribution in [0.1, 0.15) is 53.0 Å². The van der Waals surface area contributed by atoms with Crippen LogP contribution in [0.3, 0.4) is 0 Å². The summed E-state index contributed by atoms with van der Waals surface area (Å²) in [6, 6.07) is 5.96. The highest BCUT2D eigenvalue weighted by Gasteiger charge is 2.26. The Balaban J connectivity index is 0.00000512. The van der Waals surface area contributed by atoms with Crippen molar-refractivity contribution in [2.75, 3.05) is 0 Å². The molecule has 8 nitrogen and oxygen atoms in total. The van der Waals surface area contributed by atoms with Crippen LogP contribution < -0.4 is 11.1 Å². The summed E-state index contributed by atoms with van der Waals surface area (Å²) in [5.41, 5.74) is 7.04. The number of aromatic amines is 1. The third-order valence-electron chi connectivity index (χ3n) is 4.46. The van der Waals surface area contributed by atoms with Crippen LogP contribution in [0, 0.1) is 0 Å². The van der Waals surface area contributed by atoms with Gasteiger partial charge in [-0.25, -0.2) is 4.79 Å². The number of hydrogen-bond acceptors (Lipinski definition) is 6. The van der Waals surface area contributed by atoms with Gasteiger partial charge in [-0.1, -0.05) is 18.2 Å². The average Bonchev–Trinajstić information content (AvgIpc) is 3.06. The quantitative estimate of drug-likeness (QED) is 0.487. The van der Waals surface area contributed by atoms with Crippen molar-refractivity contribution in [1.82, 2.24) is 10.3 Å². The first-order valence-electron chi connectivity index (χ1n) is 10.5. The lowest BCUT2D eigenvalue weighted by molar-refractivity contribution is -0.157. The summed E-state index contributed by atoms with van der Waals surface area (Å²) in [6.07, 6.45) is 1.89. The van der Waals surface area contributed by atoms with Crippen molar-refractivity contribution < 1.29 is 23.9 Å². The van der Waals surface area contributed by atoms with Gasteiger partial charge in [0.2, 0.25) is 5.91 Å². The summed E-state index contributed by atoms with van der Waals surface area (Å²) in [7, 11) is 0. The van der Waals surface area contributed by atoms with E-state index < -0.39 is 29.6 Å². The Morgan fingerprint density at radius 1 is 1.12 bits per heavy atom. The third-order valence-corrected chi connectivity index (χ3v) is 4.46. The molecule has 0 saturated carbocycles. The summed E-state index contributed by atoms with van der Waals surface area (Å²) in [4.78, 5) is 40.3. The summed E-state index contributed by atoms with van der Waals surface area (Å²) < 4.78 is 10.6. The second-order valence-electron chi connectivity index (χ2n) is 8.85. The molecule has 4 N–H and O–H groups in total. The molecule has 0 bridgehead atoms. The van der Waals surface area contributed by atoms with E-state index in [1.54, 1.807) is 34.6 Å². The molecule has 1 aromatic carbocycles. The van der Waals surface area contributed by atoms with Crippen molar-refractivity contribution in [3.05, 3.63) is 36.0 Å². The highest BCUT2D eigenvalue weighted by atomic mass is 35.5. The summed E-state index contributed by atoms with van der Waals surface area (Å²) in [5, 5.41) is 3.71. The van der Waals surface area contributed by atoms with Crippen LogP contribution in [0.5, 0.6) is 0 Å². The molecule has 2 atom stereocenters. The zero-order valence-electron chi connectivity index (χ0n) is 19.3. The molecule has 0 aliphatic heterocycles. The van der Waals surface area contributed by atoms with E-state index in [9.17, 15) is 14.4 Å². The van der Waals surface area contributed by atoms with Crippen molar-refractivity contribution in [2.24, 2.45) is 5.73 Å². The third kappa shape index (κ3) is 8.51. The lowest BCUT2D eigenvalue weighted by atomic mass is 10.0. The van der Waals surface area contributed by atoms with Crippen molar-refractivity contribution >= 4 is 41.2 Å². The van der Waals surface area contributed by atoms with Gasteiger partial charge in [0.05, 0.1) is 6.10 Å². The van der Waals surface area contributed by atoms with Gasteiger partial charge in [0.15, 0.2) is 0 Å². The van der Waals surface area contributed by atoms with Crippen LogP contribution in [0.4, 0.5) is 0 Å². The number of benzene rings is 1. The van der Waals surface area contributed by atoms with Crippen molar-refractivity contribution in [3.8, 4) is 0 Å². The second-order valence-corrected chi connectivity index (χ2v) is 8.85. The minimum atomic E-state index is -0.917. The maximum absolute atomic E-state index is 12.6. The number of rotatable bonds is 9. The normalized spacial score (nSPS) is 13.2. The molecule has 0 aliphatic carbocycles. The highest BCUT2D eigenvalue weighted by Crippen LogP contribution is 2.20. The Hall–Kier alpha value is -2.58. The van der Waals surface area contributed by atoms with Crippen LogP contribution in [0.25, 0.3) is 10.9 Å². The van der Waals surface area contributed by atoms with E-state index in [2.05, 4.69) is 10.3 Å². The molecule has 0 radical (unpaired) electrons. The predicted molar refractivity (Wildman–Crippen MR) is 125 cm³/mol. The number of ether oxygens (including phenoxy) is 2. The Bertz CT molecular complexity index is 920. The van der Waals surface area contributed by atoms with Gasteiger partial charge in [0, 0.05) is 29.9 Å². The number of H-pyrrole nitrogens is 1. The number of nitrogens with two attached hydrogens (primary N) is 1. The SMILES string of the molecule is CC(C)OC(=O)[C@@H](Cc1c[nH]c2ccccc12)NC(=O)CC[C@@H](N)C(=O)OC(C)(C)C.Cl. The maximum atomic E-state index is 12.6. The number of esters is 2. The molecule has 1 aromatic heterocycles. The van der Waals surface area contributed by atoms with Crippen molar-refractivity contribution in [3.63, 3.8) is 0 Å². The fraction of sp³-hybridized carbons (Fsp3) is 0.522. The van der Waals surface area contributed by atoms with Crippen LogP contribution in [-0.4, -0.2) is 46.6 Å². The smallest absolute Gasteiger partial charge is 0.329 e. The molecule has 9 heteroatoms. The lowest BCUT2D eigenvalue weighted by Gasteiger charge is -2.22. The van der Waals surface area contributed by atoms with Gasteiger partial charge in [-0.2, -0.15) is 0 Å². The van der Waals surface area contributed by atoms with E-state index in [0.717, 1.165) is 16.5 Å². The Kier molecular flexibility index (Phi) is 10.2. The number of hydrogen-bond donors (Lipinski definition) is 3. The highest BCUT2D eigenvalue weighted by molar-refractivity contribution is 5.87. The topological polar surface area (TPSA) is 124 Å². The zero-order chi connectivity index (χ0) is 23.2. The second kappa shape index (κ2) is 11.9. The maximum Gasteiger partial charge on any atom is 0.329 e. The minimum absolute atomic E-state index is 0. The fourth-order valence-electron chi connectivity index (χ4n) is 3.08. The average molecular weight is 468 g/mol. The molecule has 1 heterocycles. The van der Waals surface area contributed by atoms with Crippen LogP contribution >= 0.6 is 12.4 Å². The molecule has 0 spiro atoms. The standard InChI is InChI=1S/C23H33N3O5.ClH/c1-14(2)30-22(29)19(12-15-13-25-18-9-7-6-8-16(15)18)26-20(27)11-10-17(24)21(28)31-23(3,4)5;/h6-9,13-14,17,19,25H,10-12,24H2,1-5H3,(H,26,27);1H/t17-,19-;/m1./s1. The number of carbonyl (C=O) groups excluding carboxylic acids is 3. The predicted octanol–water partition coefficient (Wildman–Crippen LogP) is 3.02. The van der Waals surface area contributed by atoms with E-state index in [1.165, 1.54) is 0 Å². The van der Waals surface area contributed by atoms with Crippen molar-refractivity contribution in [1.29, 1.82) is 0 Å². The molecule has 0 saturated heterocycles. The Morgan fingerprint density at radius 2 is 1.78 bits per heavy atom. The van der Waals surface area contributed by atoms with Gasteiger partial charge in [-0.3, -0.25) is 9.59 Å². The van der Waals surface area contributed by atoms with E-state index in [4.69, 9.17) is 15.2 Å². The number of nitrogens with one attached hydrogen (secondary N) is 2. The van der Waals surface area contributed by atoms with Gasteiger partial charge in [0.25, 0.3) is 0 Å². The number of amides is 1. The molecule has 1 amide bonds. The van der Waals surface area contributed by atoms with Crippen LogP contribution in [0.2, 0.25) is 0 Å². The van der Waals surface area contributed by atoms with E-state index >= 15 is 0 Å². The van der Waals surface area contributed by atoms with Crippen LogP contribution in [-0.2, 0) is 30.3 Å². The number of halogens is 1. The van der Waals surface area contributed by atoms with E-state index in [0.29, 0.717) is 0 Å². The largest absolute Gasteiger partial charge is 0.461 e. The monoisotopic (exact) mass is 467 g/mol. The Labute approximate surface area is 195 Å². The molecule has 2 aromatic rings. The molecule has 32 heavy (non-hydrogen) atoms. The molecular weight excluding hydrogens is 434 g/mol. The molecule has 178 valence electrons. The number of fused-ring (bicyclic) bond motifs is 1. The summed E-state index contributed by atoms with van der Waals surface area (Å²) >= 11 is 0. The van der Waals surface area contributed by atoms with Crippen molar-refractivity contribution in [2.45, 2.75) is 77.7 Å². The Morgan fingerprint density at radius 3 is 2.41 bits per heavy atom. The van der Waals surface area contributed by atoms with E-state index in [-0.39, 0.29) is 43.7 Å². The van der Waals surface area contributed by atoms with E-state index in [1.807, 2.05) is 30.5 Å². The summed E-state index contributed by atoms with van der Waals surface area (Å²) in [5.74, 6) is -1.45. The van der Waals surface area contributed by atoms with Gasteiger partial charge in [0.1, 0.15) is 17.7 Å². The first kappa shape index (κ1) is 27.5. The number of aromatic nitrogens is 1. The zero-order valence-corrected chi connectivity index (χ0v) is 20.1. The summed E-state index contributed by atoms with van der Waals surface area (Å²) in [6.45, 7) is 8.75. The fourth-order valence-corrected chi connectivity index (χ4v) is 3.08. The van der Waals surface area contributed by atoms with Gasteiger partial charge in [-0.15, -0.1) is 12.4 Å². The van der Waals surface area contributed by atoms with Gasteiger partial charge >= 0.3 is 11.9 Å². The van der Waals surface area contributed by atoms with Gasteiger partial charge < -0.3 is 25.5 Å². The molecule has 0 unspecified atom stereocenters. The first-order chi connectivity index (χ1) is 14.5. The lowest BCUT2D eigenvalue weighted by Crippen LogP contribution is -2.45. The number of para-hydroxylation sites is 1. The molecular formula is C23H34ClN3O5. The minimum Gasteiger partial charge on any atom is -0.461 e. The molecule has 0 fully saturated rings.